The zero-order valence-electron chi connectivity index (χ0n) is 13.6. The van der Waals surface area contributed by atoms with Gasteiger partial charge in [0.05, 0.1) is 19.9 Å². The number of fused-ring (bicyclic) bond motifs is 1. The summed E-state index contributed by atoms with van der Waals surface area (Å²) < 4.78 is 10.7. The number of methoxy groups -OCH3 is 2. The Kier molecular flexibility index (Phi) is 4.55. The van der Waals surface area contributed by atoms with Gasteiger partial charge in [-0.25, -0.2) is 0 Å². The minimum atomic E-state index is -0.875. The van der Waals surface area contributed by atoms with Crippen LogP contribution in [0, 0.1) is 0 Å². The highest BCUT2D eigenvalue weighted by Crippen LogP contribution is 2.36. The van der Waals surface area contributed by atoms with E-state index in [-0.39, 0.29) is 0 Å². The van der Waals surface area contributed by atoms with Gasteiger partial charge in [-0.05, 0) is 36.8 Å². The first-order valence-corrected chi connectivity index (χ1v) is 7.75. The summed E-state index contributed by atoms with van der Waals surface area (Å²) in [5.74, 6) is 1.09. The predicted octanol–water partition coefficient (Wildman–Crippen LogP) is 3.62. The van der Waals surface area contributed by atoms with Crippen LogP contribution in [0.4, 0.5) is 0 Å². The van der Waals surface area contributed by atoms with Gasteiger partial charge in [0.25, 0.3) is 0 Å². The molecule has 1 atom stereocenters. The standard InChI is InChI=1S/C18H17ClN2O3/c1-10-18(22)14-9-16(24-3)15(23-2)8-13(14)17(21-20-10)11-5-4-6-12(19)7-11/h4-9,18,22H,1-3H3. The second-order valence-corrected chi connectivity index (χ2v) is 5.83. The zero-order valence-corrected chi connectivity index (χ0v) is 14.3. The maximum atomic E-state index is 10.6. The van der Waals surface area contributed by atoms with Gasteiger partial charge in [0.1, 0.15) is 11.8 Å². The molecular formula is C18H17ClN2O3. The molecule has 0 spiro atoms. The molecular weight excluding hydrogens is 328 g/mol. The van der Waals surface area contributed by atoms with Crippen LogP contribution in [0.2, 0.25) is 5.02 Å². The van der Waals surface area contributed by atoms with E-state index in [4.69, 9.17) is 21.1 Å². The number of aliphatic hydroxyl groups excluding tert-OH is 1. The molecule has 0 radical (unpaired) electrons. The average molecular weight is 345 g/mol. The number of nitrogens with zero attached hydrogens (tertiary/aromatic N) is 2. The summed E-state index contributed by atoms with van der Waals surface area (Å²) in [7, 11) is 3.12. The van der Waals surface area contributed by atoms with Crippen LogP contribution in [0.25, 0.3) is 0 Å². The third kappa shape index (κ3) is 2.88. The van der Waals surface area contributed by atoms with Gasteiger partial charge in [-0.3, -0.25) is 0 Å². The van der Waals surface area contributed by atoms with Crippen molar-refractivity contribution in [2.24, 2.45) is 10.2 Å². The molecule has 3 rings (SSSR count). The SMILES string of the molecule is COc1cc2c(cc1OC)C(O)C(C)=NN=C2c1cccc(Cl)c1. The van der Waals surface area contributed by atoms with Crippen molar-refractivity contribution < 1.29 is 14.6 Å². The van der Waals surface area contributed by atoms with Crippen LogP contribution < -0.4 is 9.47 Å². The normalized spacial score (nSPS) is 16.6. The molecule has 2 aromatic rings. The van der Waals surface area contributed by atoms with Crippen LogP contribution in [-0.2, 0) is 0 Å². The van der Waals surface area contributed by atoms with Gasteiger partial charge in [0.2, 0.25) is 0 Å². The largest absolute Gasteiger partial charge is 0.493 e. The molecule has 124 valence electrons. The van der Waals surface area contributed by atoms with Crippen LogP contribution in [-0.4, -0.2) is 30.7 Å². The minimum Gasteiger partial charge on any atom is -0.493 e. The maximum absolute atomic E-state index is 10.6. The molecule has 0 aromatic heterocycles. The van der Waals surface area contributed by atoms with E-state index in [1.165, 1.54) is 0 Å². The summed E-state index contributed by atoms with van der Waals surface area (Å²) >= 11 is 6.11. The van der Waals surface area contributed by atoms with Gasteiger partial charge < -0.3 is 14.6 Å². The van der Waals surface area contributed by atoms with Crippen molar-refractivity contribution in [1.82, 2.24) is 0 Å². The van der Waals surface area contributed by atoms with Crippen LogP contribution in [0.3, 0.4) is 0 Å². The number of rotatable bonds is 3. The lowest BCUT2D eigenvalue weighted by atomic mass is 9.93. The second kappa shape index (κ2) is 6.63. The fourth-order valence-corrected chi connectivity index (χ4v) is 2.83. The van der Waals surface area contributed by atoms with Crippen LogP contribution >= 0.6 is 11.6 Å². The topological polar surface area (TPSA) is 63.4 Å². The number of ether oxygens (including phenoxy) is 2. The molecule has 24 heavy (non-hydrogen) atoms. The lowest BCUT2D eigenvalue weighted by molar-refractivity contribution is 0.245. The third-order valence-corrected chi connectivity index (χ3v) is 4.14. The van der Waals surface area contributed by atoms with E-state index in [0.29, 0.717) is 33.5 Å². The maximum Gasteiger partial charge on any atom is 0.161 e. The molecule has 1 N–H and O–H groups in total. The van der Waals surface area contributed by atoms with E-state index < -0.39 is 6.10 Å². The first kappa shape index (κ1) is 16.5. The summed E-state index contributed by atoms with van der Waals surface area (Å²) in [6, 6.07) is 10.9. The van der Waals surface area contributed by atoms with Crippen molar-refractivity contribution in [3.8, 4) is 11.5 Å². The molecule has 0 amide bonds. The van der Waals surface area contributed by atoms with Gasteiger partial charge in [0.15, 0.2) is 11.5 Å². The molecule has 0 bridgehead atoms. The summed E-state index contributed by atoms with van der Waals surface area (Å²) in [6.07, 6.45) is -0.875. The molecule has 1 heterocycles. The molecule has 1 aliphatic heterocycles. The second-order valence-electron chi connectivity index (χ2n) is 5.40. The van der Waals surface area contributed by atoms with Crippen molar-refractivity contribution in [3.05, 3.63) is 58.1 Å². The number of benzene rings is 2. The van der Waals surface area contributed by atoms with Gasteiger partial charge in [-0.2, -0.15) is 5.10 Å². The molecule has 0 saturated heterocycles. The fourth-order valence-electron chi connectivity index (χ4n) is 2.64. The summed E-state index contributed by atoms with van der Waals surface area (Å²) in [4.78, 5) is 0. The molecule has 0 saturated carbocycles. The Morgan fingerprint density at radius 2 is 1.75 bits per heavy atom. The zero-order chi connectivity index (χ0) is 17.3. The monoisotopic (exact) mass is 344 g/mol. The quantitative estimate of drug-likeness (QED) is 0.925. The van der Waals surface area contributed by atoms with E-state index in [1.54, 1.807) is 39.3 Å². The molecule has 0 aliphatic carbocycles. The highest BCUT2D eigenvalue weighted by Gasteiger charge is 2.25. The Labute approximate surface area is 145 Å². The third-order valence-electron chi connectivity index (χ3n) is 3.91. The fraction of sp³-hybridized carbons (Fsp3) is 0.222. The highest BCUT2D eigenvalue weighted by atomic mass is 35.5. The smallest absolute Gasteiger partial charge is 0.161 e. The van der Waals surface area contributed by atoms with E-state index in [9.17, 15) is 5.11 Å². The van der Waals surface area contributed by atoms with Gasteiger partial charge in [0, 0.05) is 16.1 Å². The van der Waals surface area contributed by atoms with Crippen LogP contribution in [0.5, 0.6) is 11.5 Å². The molecule has 6 heteroatoms. The molecule has 0 fully saturated rings. The van der Waals surface area contributed by atoms with E-state index in [0.717, 1.165) is 11.1 Å². The Morgan fingerprint density at radius 1 is 1.04 bits per heavy atom. The van der Waals surface area contributed by atoms with Crippen LogP contribution in [0.1, 0.15) is 29.7 Å². The van der Waals surface area contributed by atoms with E-state index >= 15 is 0 Å². The lowest BCUT2D eigenvalue weighted by Gasteiger charge is -2.17. The summed E-state index contributed by atoms with van der Waals surface area (Å²) in [6.45, 7) is 1.73. The van der Waals surface area contributed by atoms with E-state index in [2.05, 4.69) is 10.2 Å². The molecule has 1 unspecified atom stereocenters. The number of halogens is 1. The van der Waals surface area contributed by atoms with Crippen molar-refractivity contribution in [2.75, 3.05) is 14.2 Å². The Balaban J connectivity index is 2.27. The number of aliphatic hydroxyl groups is 1. The first-order chi connectivity index (χ1) is 11.5. The molecule has 5 nitrogen and oxygen atoms in total. The van der Waals surface area contributed by atoms with Crippen molar-refractivity contribution in [1.29, 1.82) is 0 Å². The van der Waals surface area contributed by atoms with Crippen LogP contribution in [0.15, 0.2) is 46.6 Å². The van der Waals surface area contributed by atoms with Gasteiger partial charge in [-0.15, -0.1) is 5.10 Å². The summed E-state index contributed by atoms with van der Waals surface area (Å²) in [5.41, 5.74) is 3.31. The van der Waals surface area contributed by atoms with Crippen molar-refractivity contribution in [2.45, 2.75) is 13.0 Å². The number of hydrogen-bond acceptors (Lipinski definition) is 5. The first-order valence-electron chi connectivity index (χ1n) is 7.37. The van der Waals surface area contributed by atoms with Gasteiger partial charge >= 0.3 is 0 Å². The van der Waals surface area contributed by atoms with Crippen molar-refractivity contribution >= 4 is 23.0 Å². The highest BCUT2D eigenvalue weighted by molar-refractivity contribution is 6.31. The molecule has 2 aromatic carbocycles. The molecule has 1 aliphatic rings. The Morgan fingerprint density at radius 3 is 2.42 bits per heavy atom. The lowest BCUT2D eigenvalue weighted by Crippen LogP contribution is -2.12. The minimum absolute atomic E-state index is 0.500. The van der Waals surface area contributed by atoms with E-state index in [1.807, 2.05) is 18.2 Å². The predicted molar refractivity (Wildman–Crippen MR) is 94.7 cm³/mol. The Bertz CT molecular complexity index is 846. The van der Waals surface area contributed by atoms with Crippen molar-refractivity contribution in [3.63, 3.8) is 0 Å². The summed E-state index contributed by atoms with van der Waals surface area (Å²) in [5, 5.41) is 19.7. The number of hydrogen-bond donors (Lipinski definition) is 1. The Hall–Kier alpha value is -2.37. The average Bonchev–Trinajstić information content (AvgIpc) is 2.71. The van der Waals surface area contributed by atoms with Gasteiger partial charge in [-0.1, -0.05) is 23.7 Å².